The van der Waals surface area contributed by atoms with Gasteiger partial charge in [0.1, 0.15) is 36.1 Å². The van der Waals surface area contributed by atoms with Crippen molar-refractivity contribution in [3.05, 3.63) is 60.2 Å². The van der Waals surface area contributed by atoms with Crippen LogP contribution in [-0.4, -0.2) is 108 Å². The van der Waals surface area contributed by atoms with Crippen molar-refractivity contribution in [2.75, 3.05) is 4.43 Å². The van der Waals surface area contributed by atoms with E-state index in [2.05, 4.69) is 164 Å². The molecule has 0 aliphatic carbocycles. The quantitative estimate of drug-likeness (QED) is 0.0416. The van der Waals surface area contributed by atoms with Crippen molar-refractivity contribution in [3.8, 4) is 0 Å². The zero-order valence-corrected chi connectivity index (χ0v) is 51.7. The van der Waals surface area contributed by atoms with Crippen LogP contribution in [0.2, 0.25) is 54.4 Å². The lowest BCUT2D eigenvalue weighted by molar-refractivity contribution is -0.267. The van der Waals surface area contributed by atoms with Gasteiger partial charge in [0, 0.05) is 10.8 Å². The van der Waals surface area contributed by atoms with Crippen LogP contribution in [-0.2, 0) is 37.0 Å². The lowest BCUT2D eigenvalue weighted by Gasteiger charge is -2.56. The highest BCUT2D eigenvalue weighted by Gasteiger charge is 2.58. The molecular weight excluding hydrogens is 1030 g/mol. The van der Waals surface area contributed by atoms with Crippen molar-refractivity contribution in [2.24, 2.45) is 5.92 Å². The van der Waals surface area contributed by atoms with Crippen molar-refractivity contribution < 1.29 is 41.8 Å². The number of alkyl halides is 1. The number of hydrogen-bond donors (Lipinski definition) is 0. The molecule has 4 aliphatic heterocycles. The van der Waals surface area contributed by atoms with Gasteiger partial charge in [-0.05, 0) is 137 Å². The Balaban J connectivity index is 1.57. The molecule has 0 amide bonds. The third kappa shape index (κ3) is 14.8. The molecule has 394 valence electrons. The van der Waals surface area contributed by atoms with Crippen LogP contribution >= 0.6 is 22.6 Å². The summed E-state index contributed by atoms with van der Waals surface area (Å²) in [5, 5.41) is -0.226. The molecule has 4 fully saturated rings. The van der Waals surface area contributed by atoms with Gasteiger partial charge < -0.3 is 37.0 Å². The molecule has 9 nitrogen and oxygen atoms in total. The summed E-state index contributed by atoms with van der Waals surface area (Å²) in [7, 11) is -7.33. The molecule has 0 radical (unpaired) electrons. The maximum atomic E-state index is 14.0. The van der Waals surface area contributed by atoms with E-state index in [9.17, 15) is 4.79 Å². The van der Waals surface area contributed by atoms with Gasteiger partial charge >= 0.3 is 5.97 Å². The fourth-order valence-corrected chi connectivity index (χ4v) is 14.4. The number of carbonyl (C=O) groups is 1. The van der Waals surface area contributed by atoms with Crippen molar-refractivity contribution in [3.63, 3.8) is 0 Å². The maximum absolute atomic E-state index is 14.0. The summed E-state index contributed by atoms with van der Waals surface area (Å²) < 4.78 is 58.9. The van der Waals surface area contributed by atoms with Gasteiger partial charge in [-0.1, -0.05) is 142 Å². The van der Waals surface area contributed by atoms with Crippen molar-refractivity contribution in [2.45, 2.75) is 274 Å². The van der Waals surface area contributed by atoms with Gasteiger partial charge in [0.2, 0.25) is 0 Å². The molecule has 0 saturated carbocycles. The first kappa shape index (κ1) is 59.2. The summed E-state index contributed by atoms with van der Waals surface area (Å²) in [4.78, 5) is 14.0. The second-order valence-corrected chi connectivity index (χ2v) is 41.0. The molecule has 4 saturated heterocycles. The van der Waals surface area contributed by atoms with Gasteiger partial charge in [-0.3, -0.25) is 0 Å². The first-order valence-electron chi connectivity index (χ1n) is 26.7. The average molecular weight is 1130 g/mol. The second-order valence-electron chi connectivity index (χ2n) is 26.0. The van der Waals surface area contributed by atoms with Gasteiger partial charge in [-0.25, -0.2) is 4.79 Å². The van der Waals surface area contributed by atoms with E-state index in [1.54, 1.807) is 0 Å². The molecule has 0 spiro atoms. The molecule has 69 heavy (non-hydrogen) atoms. The van der Waals surface area contributed by atoms with Crippen LogP contribution in [0.3, 0.4) is 0 Å². The number of carbonyl (C=O) groups excluding carboxylic acids is 1. The largest absolute Gasteiger partial charge is 0.455 e. The van der Waals surface area contributed by atoms with E-state index in [1.807, 2.05) is 30.3 Å². The number of allylic oxidation sites excluding steroid dienone is 1. The molecule has 0 bridgehead atoms. The molecule has 1 aromatic carbocycles. The average Bonchev–Trinajstić information content (AvgIpc) is 3.62. The molecule has 0 aromatic heterocycles. The van der Waals surface area contributed by atoms with E-state index >= 15 is 0 Å². The van der Waals surface area contributed by atoms with Crippen LogP contribution in [0.4, 0.5) is 0 Å². The molecule has 1 unspecified atom stereocenters. The number of halogens is 1. The summed E-state index contributed by atoms with van der Waals surface area (Å²) in [6.45, 7) is 45.5. The molecule has 5 rings (SSSR count). The molecule has 13 heteroatoms. The highest BCUT2D eigenvalue weighted by molar-refractivity contribution is 14.1. The number of ether oxygens (including phenoxy) is 5. The van der Waals surface area contributed by atoms with Crippen molar-refractivity contribution >= 4 is 53.5 Å². The first-order chi connectivity index (χ1) is 31.8. The SMILES string of the molecule is C=C(C)[C@H](C)C[C@H]1CC[C@@H]2O[C@@H](CCC(/C=C/[C@H](O[Si](C)(C)C(C)(C)C)[C@@H]3O[C@H]4CC[C@H](CCC)O[C@@H]4[C@H](O[Si](C)(C)C(C)(C)C)[C@@H]3O[Si](C)(C)C(C)(C)C)OC(=O)c3ccccc3)C[C@]2(CI)O1. The zero-order chi connectivity index (χ0) is 51.5. The third-order valence-corrected chi connectivity index (χ3v) is 32.1. The molecule has 1 aromatic rings. The minimum atomic E-state index is -2.48. The maximum Gasteiger partial charge on any atom is 0.338 e. The second kappa shape index (κ2) is 23.4. The topological polar surface area (TPSA) is 90.9 Å². The summed E-state index contributed by atoms with van der Waals surface area (Å²) in [6.07, 6.45) is 10.6. The Hall–Kier alpha value is -0.729. The minimum absolute atomic E-state index is 0.0234. The lowest BCUT2D eigenvalue weighted by Crippen LogP contribution is -2.69. The van der Waals surface area contributed by atoms with E-state index in [1.165, 1.54) is 5.57 Å². The number of rotatable bonds is 20. The summed E-state index contributed by atoms with van der Waals surface area (Å²) >= 11 is 2.50. The smallest absolute Gasteiger partial charge is 0.338 e. The Labute approximate surface area is 437 Å². The van der Waals surface area contributed by atoms with Crippen LogP contribution in [0.25, 0.3) is 0 Å². The lowest BCUT2D eigenvalue weighted by atomic mass is 9.85. The summed E-state index contributed by atoms with van der Waals surface area (Å²) in [5.41, 5.74) is 1.40. The predicted octanol–water partition coefficient (Wildman–Crippen LogP) is 14.9. The number of fused-ring (bicyclic) bond motifs is 2. The minimum Gasteiger partial charge on any atom is -0.455 e. The van der Waals surface area contributed by atoms with E-state index in [0.717, 1.165) is 62.2 Å². The van der Waals surface area contributed by atoms with Crippen LogP contribution < -0.4 is 0 Å². The summed E-state index contributed by atoms with van der Waals surface area (Å²) in [5.74, 6) is 0.0562. The van der Waals surface area contributed by atoms with Gasteiger partial charge in [-0.2, -0.15) is 0 Å². The molecule has 4 heterocycles. The fourth-order valence-electron chi connectivity index (χ4n) is 9.58. The van der Waals surface area contributed by atoms with Crippen LogP contribution in [0.1, 0.15) is 158 Å². The monoisotopic (exact) mass is 1120 g/mol. The van der Waals surface area contributed by atoms with E-state index in [-0.39, 0.29) is 69.4 Å². The predicted molar refractivity (Wildman–Crippen MR) is 299 cm³/mol. The van der Waals surface area contributed by atoms with Crippen LogP contribution in [0.15, 0.2) is 54.6 Å². The van der Waals surface area contributed by atoms with Crippen molar-refractivity contribution in [1.29, 1.82) is 0 Å². The first-order valence-corrected chi connectivity index (χ1v) is 36.9. The van der Waals surface area contributed by atoms with Gasteiger partial charge in [-0.15, -0.1) is 0 Å². The fraction of sp³-hybridized carbons (Fsp3) is 0.804. The normalized spacial score (nSPS) is 30.9. The number of benzene rings is 1. The Morgan fingerprint density at radius 1 is 0.797 bits per heavy atom. The molecule has 4 aliphatic rings. The summed E-state index contributed by atoms with van der Waals surface area (Å²) in [6, 6.07) is 9.31. The molecule has 13 atom stereocenters. The highest BCUT2D eigenvalue weighted by atomic mass is 127. The van der Waals surface area contributed by atoms with E-state index in [4.69, 9.17) is 37.0 Å². The van der Waals surface area contributed by atoms with Gasteiger partial charge in [0.25, 0.3) is 0 Å². The van der Waals surface area contributed by atoms with Gasteiger partial charge in [0.15, 0.2) is 25.0 Å². The van der Waals surface area contributed by atoms with Gasteiger partial charge in [0.05, 0.1) is 42.2 Å². The van der Waals surface area contributed by atoms with E-state index < -0.39 is 49.4 Å². The van der Waals surface area contributed by atoms with Crippen molar-refractivity contribution in [1.82, 2.24) is 0 Å². The third-order valence-electron chi connectivity index (χ3n) is 17.3. The number of hydrogen-bond acceptors (Lipinski definition) is 9. The Morgan fingerprint density at radius 3 is 1.96 bits per heavy atom. The zero-order valence-electron chi connectivity index (χ0n) is 46.5. The Kier molecular flexibility index (Phi) is 20.1. The Bertz CT molecular complexity index is 1850. The Morgan fingerprint density at radius 2 is 1.39 bits per heavy atom. The number of esters is 1. The van der Waals surface area contributed by atoms with Crippen LogP contribution in [0.5, 0.6) is 0 Å². The van der Waals surface area contributed by atoms with E-state index in [0.29, 0.717) is 17.9 Å². The molecule has 0 N–H and O–H groups in total. The highest BCUT2D eigenvalue weighted by Crippen LogP contribution is 2.49. The standard InChI is InChI=1S/C56H97IO9Si3/c1-20-24-41-29-32-45-48(60-41)50(65-68(16,17)54(8,9)10)51(66-69(18,19)55(11,12)13)49(62-45)46(64-67(14,15)53(5,6)7)33-30-42(61-52(58)40-25-22-21-23-26-40)27-28-44-36-56(37-57)47(59-44)34-31-43(63-56)35-39(4)38(2)3/h21-23,25-26,30,33,39,41-51H,2,20,24,27-29,31-32,34-37H2,1,3-19H3/b33-30+/t39-,41+,42?,43-,44+,45+,46+,47+,48+,49+,50+,51-,56-/m1/s1. The van der Waals surface area contributed by atoms with Crippen LogP contribution in [0, 0.1) is 5.92 Å². The molecular formula is C56H97IO9Si3.